The Morgan fingerprint density at radius 1 is 1.19 bits per heavy atom. The number of rotatable bonds is 9. The third-order valence-corrected chi connectivity index (χ3v) is 7.36. The smallest absolute Gasteiger partial charge is 0.251 e. The molecule has 200 valence electrons. The molecule has 1 aromatic rings. The minimum Gasteiger partial charge on any atom is -0.369 e. The lowest BCUT2D eigenvalue weighted by Crippen LogP contribution is -2.52. The molecular weight excluding hydrogens is 474 g/mol. The molecule has 3 fully saturated rings. The van der Waals surface area contributed by atoms with Crippen LogP contribution in [0.4, 0.5) is 5.69 Å². The largest absolute Gasteiger partial charge is 0.369 e. The molecule has 4 atom stereocenters. The Kier molecular flexibility index (Phi) is 8.68. The summed E-state index contributed by atoms with van der Waals surface area (Å²) in [6, 6.07) is 5.26. The summed E-state index contributed by atoms with van der Waals surface area (Å²) in [5.41, 5.74) is 10.5. The van der Waals surface area contributed by atoms with Crippen LogP contribution in [-0.4, -0.2) is 97.5 Å². The Balaban J connectivity index is 1.43. The van der Waals surface area contributed by atoms with E-state index in [-0.39, 0.29) is 36.7 Å². The van der Waals surface area contributed by atoms with Crippen molar-refractivity contribution in [2.24, 2.45) is 11.0 Å². The summed E-state index contributed by atoms with van der Waals surface area (Å²) in [6.45, 7) is 11.2. The van der Waals surface area contributed by atoms with Gasteiger partial charge in [-0.3, -0.25) is 19.3 Å². The van der Waals surface area contributed by atoms with Gasteiger partial charge in [-0.1, -0.05) is 25.9 Å². The van der Waals surface area contributed by atoms with Crippen molar-refractivity contribution in [1.82, 2.24) is 15.1 Å². The zero-order valence-corrected chi connectivity index (χ0v) is 21.9. The van der Waals surface area contributed by atoms with Gasteiger partial charge in [-0.15, -0.1) is 0 Å². The molecule has 0 unspecified atom stereocenters. The van der Waals surface area contributed by atoms with E-state index in [1.54, 1.807) is 12.1 Å². The first-order valence-electron chi connectivity index (χ1n) is 13.2. The van der Waals surface area contributed by atoms with Gasteiger partial charge in [0.05, 0.1) is 12.1 Å². The van der Waals surface area contributed by atoms with Gasteiger partial charge >= 0.3 is 0 Å². The summed E-state index contributed by atoms with van der Waals surface area (Å²) in [6.07, 6.45) is 0.931. The second-order valence-electron chi connectivity index (χ2n) is 10.5. The van der Waals surface area contributed by atoms with Crippen molar-refractivity contribution in [3.8, 4) is 0 Å². The summed E-state index contributed by atoms with van der Waals surface area (Å²) in [4.78, 5) is 48.3. The van der Waals surface area contributed by atoms with Gasteiger partial charge in [0.1, 0.15) is 18.7 Å². The molecule has 3 aliphatic heterocycles. The van der Waals surface area contributed by atoms with Crippen LogP contribution in [0.25, 0.3) is 10.4 Å². The SMILES string of the molecule is CCCN1CCN(c2ccc(C(=O)N[C@@H](CC(C)C)C(=O)N3C[C@H](N=[N+]=[N-])[C@H]4OCC(=O)[C@H]43)cc2)CC1. The lowest BCUT2D eigenvalue weighted by atomic mass is 10.0. The molecule has 3 saturated heterocycles. The average molecular weight is 512 g/mol. The Hall–Kier alpha value is -3.14. The number of amides is 2. The highest BCUT2D eigenvalue weighted by Gasteiger charge is 2.53. The predicted molar refractivity (Wildman–Crippen MR) is 139 cm³/mol. The minimum absolute atomic E-state index is 0.0919. The van der Waals surface area contributed by atoms with Gasteiger partial charge in [0.2, 0.25) is 5.91 Å². The predicted octanol–water partition coefficient (Wildman–Crippen LogP) is 2.22. The number of Topliss-reactive ketones (excluding diaryl/α,β-unsaturated/α-hetero) is 1. The number of anilines is 1. The van der Waals surface area contributed by atoms with Gasteiger partial charge in [-0.05, 0) is 55.1 Å². The Bertz CT molecular complexity index is 1030. The van der Waals surface area contributed by atoms with Crippen molar-refractivity contribution in [1.29, 1.82) is 0 Å². The minimum atomic E-state index is -0.808. The fourth-order valence-corrected chi connectivity index (χ4v) is 5.53. The summed E-state index contributed by atoms with van der Waals surface area (Å²) >= 11 is 0. The van der Waals surface area contributed by atoms with Crippen molar-refractivity contribution < 1.29 is 19.1 Å². The summed E-state index contributed by atoms with van der Waals surface area (Å²) < 4.78 is 5.52. The molecule has 1 N–H and O–H groups in total. The highest BCUT2D eigenvalue weighted by Crippen LogP contribution is 2.30. The first-order chi connectivity index (χ1) is 17.8. The number of benzene rings is 1. The highest BCUT2D eigenvalue weighted by molar-refractivity contribution is 5.99. The summed E-state index contributed by atoms with van der Waals surface area (Å²) in [5, 5.41) is 6.63. The maximum Gasteiger partial charge on any atom is 0.251 e. The maximum atomic E-state index is 13.6. The number of nitrogens with one attached hydrogen (secondary N) is 1. The van der Waals surface area contributed by atoms with Crippen LogP contribution in [0.1, 0.15) is 44.0 Å². The zero-order chi connectivity index (χ0) is 26.5. The van der Waals surface area contributed by atoms with Crippen LogP contribution in [0.15, 0.2) is 29.4 Å². The number of carbonyl (C=O) groups excluding carboxylic acids is 3. The summed E-state index contributed by atoms with van der Waals surface area (Å²) in [5.74, 6) is -0.776. The van der Waals surface area contributed by atoms with E-state index in [4.69, 9.17) is 10.3 Å². The number of hydrogen-bond acceptors (Lipinski definition) is 7. The number of piperazine rings is 1. The number of fused-ring (bicyclic) bond motifs is 1. The van der Waals surface area contributed by atoms with Crippen molar-refractivity contribution in [3.05, 3.63) is 40.3 Å². The number of ether oxygens (including phenoxy) is 1. The molecule has 0 aliphatic carbocycles. The second-order valence-corrected chi connectivity index (χ2v) is 10.5. The lowest BCUT2D eigenvalue weighted by Gasteiger charge is -2.36. The number of azide groups is 1. The van der Waals surface area contributed by atoms with E-state index < -0.39 is 24.2 Å². The van der Waals surface area contributed by atoms with Crippen LogP contribution >= 0.6 is 0 Å². The fourth-order valence-electron chi connectivity index (χ4n) is 5.53. The number of hydrogen-bond donors (Lipinski definition) is 1. The van der Waals surface area contributed by atoms with E-state index in [0.29, 0.717) is 12.0 Å². The van der Waals surface area contributed by atoms with E-state index in [1.807, 2.05) is 26.0 Å². The molecule has 0 spiro atoms. The summed E-state index contributed by atoms with van der Waals surface area (Å²) in [7, 11) is 0. The molecule has 0 radical (unpaired) electrons. The third kappa shape index (κ3) is 6.06. The van der Waals surface area contributed by atoms with Gasteiger partial charge in [0, 0.05) is 48.9 Å². The normalized spacial score (nSPS) is 24.6. The van der Waals surface area contributed by atoms with Crippen molar-refractivity contribution in [2.75, 3.05) is 50.8 Å². The third-order valence-electron chi connectivity index (χ3n) is 7.36. The van der Waals surface area contributed by atoms with E-state index in [2.05, 4.69) is 32.1 Å². The molecule has 37 heavy (non-hydrogen) atoms. The fraction of sp³-hybridized carbons (Fsp3) is 0.654. The lowest BCUT2D eigenvalue weighted by molar-refractivity contribution is -0.138. The standard InChI is InChI=1S/C26H37N7O4/c1-4-9-31-10-12-32(13-11-31)19-7-5-18(6-8-19)25(35)28-20(14-17(2)3)26(36)33-15-21(29-30-27)24-23(33)22(34)16-37-24/h5-8,17,20-21,23-24H,4,9-16H2,1-3H3,(H,28,35)/t20-,21-,23+,24+/m0/s1. The first kappa shape index (κ1) is 26.9. The van der Waals surface area contributed by atoms with Crippen LogP contribution in [-0.2, 0) is 14.3 Å². The molecule has 0 bridgehead atoms. The maximum absolute atomic E-state index is 13.6. The average Bonchev–Trinajstić information content (AvgIpc) is 3.44. The zero-order valence-electron chi connectivity index (χ0n) is 21.9. The Morgan fingerprint density at radius 3 is 2.51 bits per heavy atom. The van der Waals surface area contributed by atoms with E-state index in [1.165, 1.54) is 4.90 Å². The molecular formula is C26H37N7O4. The van der Waals surface area contributed by atoms with Crippen molar-refractivity contribution in [3.63, 3.8) is 0 Å². The highest BCUT2D eigenvalue weighted by atomic mass is 16.5. The van der Waals surface area contributed by atoms with Crippen molar-refractivity contribution >= 4 is 23.3 Å². The van der Waals surface area contributed by atoms with Crippen molar-refractivity contribution in [2.45, 2.75) is 57.8 Å². The number of ketones is 1. The van der Waals surface area contributed by atoms with E-state index >= 15 is 0 Å². The van der Waals surface area contributed by atoms with Gasteiger partial charge in [-0.25, -0.2) is 0 Å². The second kappa shape index (κ2) is 11.9. The van der Waals surface area contributed by atoms with Gasteiger partial charge in [-0.2, -0.15) is 0 Å². The van der Waals surface area contributed by atoms with Crippen LogP contribution in [0.3, 0.4) is 0 Å². The molecule has 3 heterocycles. The molecule has 2 amide bonds. The van der Waals surface area contributed by atoms with Crippen LogP contribution in [0, 0.1) is 5.92 Å². The Labute approximate surface area is 217 Å². The number of likely N-dealkylation sites (tertiary alicyclic amines) is 1. The quantitative estimate of drug-likeness (QED) is 0.307. The molecule has 4 rings (SSSR count). The van der Waals surface area contributed by atoms with Crippen LogP contribution in [0.2, 0.25) is 0 Å². The van der Waals surface area contributed by atoms with E-state index in [0.717, 1.165) is 44.8 Å². The molecule has 11 nitrogen and oxygen atoms in total. The topological polar surface area (TPSA) is 131 Å². The number of nitrogens with zero attached hydrogens (tertiary/aromatic N) is 6. The van der Waals surface area contributed by atoms with Gasteiger partial charge < -0.3 is 19.9 Å². The molecule has 1 aromatic carbocycles. The van der Waals surface area contributed by atoms with Gasteiger partial charge in [0.15, 0.2) is 5.78 Å². The molecule has 0 aromatic heterocycles. The first-order valence-corrected chi connectivity index (χ1v) is 13.2. The van der Waals surface area contributed by atoms with Crippen LogP contribution < -0.4 is 10.2 Å². The molecule has 3 aliphatic rings. The molecule has 11 heteroatoms. The number of carbonyl (C=O) groups is 3. The van der Waals surface area contributed by atoms with Gasteiger partial charge in [0.25, 0.3) is 5.91 Å². The molecule has 0 saturated carbocycles. The Morgan fingerprint density at radius 2 is 1.89 bits per heavy atom. The monoisotopic (exact) mass is 511 g/mol. The van der Waals surface area contributed by atoms with E-state index in [9.17, 15) is 14.4 Å². The van der Waals surface area contributed by atoms with Crippen LogP contribution in [0.5, 0.6) is 0 Å².